The molecule has 114 valence electrons. The van der Waals surface area contributed by atoms with Crippen LogP contribution in [-0.4, -0.2) is 23.0 Å². The number of halogens is 2. The Kier molecular flexibility index (Phi) is 7.23. The van der Waals surface area contributed by atoms with Crippen LogP contribution in [-0.2, 0) is 11.3 Å². The van der Waals surface area contributed by atoms with E-state index in [-0.39, 0.29) is 36.8 Å². The summed E-state index contributed by atoms with van der Waals surface area (Å²) in [6.07, 6.45) is 6.17. The van der Waals surface area contributed by atoms with Gasteiger partial charge in [-0.2, -0.15) is 0 Å². The molecule has 2 N–H and O–H groups in total. The number of hydrogen-bond donors (Lipinski definition) is 2. The fourth-order valence-electron chi connectivity index (χ4n) is 3.15. The third-order valence-corrected chi connectivity index (χ3v) is 4.74. The number of thiazole rings is 1. The molecule has 1 saturated carbocycles. The van der Waals surface area contributed by atoms with Crippen molar-refractivity contribution in [2.24, 2.45) is 5.92 Å². The highest BCUT2D eigenvalue weighted by atomic mass is 35.5. The number of rotatable bonds is 3. The highest BCUT2D eigenvalue weighted by Gasteiger charge is 2.37. The first-order valence-corrected chi connectivity index (χ1v) is 7.68. The maximum absolute atomic E-state index is 12.1. The molecule has 1 amide bonds. The van der Waals surface area contributed by atoms with Crippen LogP contribution in [0.2, 0.25) is 0 Å². The van der Waals surface area contributed by atoms with E-state index in [9.17, 15) is 4.79 Å². The minimum atomic E-state index is 0. The van der Waals surface area contributed by atoms with Crippen LogP contribution in [0.5, 0.6) is 0 Å². The molecule has 0 aromatic carbocycles. The standard InChI is InChI=1S/C13H19N3OS.2ClH/c17-13(14-6-10-7-18-8-15-10)12-5-9-3-1-2-4-11(9)16-12;;/h7-9,11-12,16H,1-6H2,(H,14,17);2*1H. The van der Waals surface area contributed by atoms with Crippen LogP contribution in [0.3, 0.4) is 0 Å². The Morgan fingerprint density at radius 1 is 1.40 bits per heavy atom. The Morgan fingerprint density at radius 2 is 2.20 bits per heavy atom. The van der Waals surface area contributed by atoms with Crippen LogP contribution < -0.4 is 10.6 Å². The molecule has 1 aromatic rings. The van der Waals surface area contributed by atoms with E-state index in [2.05, 4.69) is 15.6 Å². The van der Waals surface area contributed by atoms with Crippen LogP contribution in [0.4, 0.5) is 0 Å². The summed E-state index contributed by atoms with van der Waals surface area (Å²) in [5, 5.41) is 8.45. The van der Waals surface area contributed by atoms with Gasteiger partial charge in [-0.15, -0.1) is 36.2 Å². The summed E-state index contributed by atoms with van der Waals surface area (Å²) < 4.78 is 0. The topological polar surface area (TPSA) is 54.0 Å². The van der Waals surface area contributed by atoms with Gasteiger partial charge in [0.05, 0.1) is 23.8 Å². The molecule has 4 nitrogen and oxygen atoms in total. The van der Waals surface area contributed by atoms with Crippen molar-refractivity contribution in [1.29, 1.82) is 0 Å². The van der Waals surface area contributed by atoms with E-state index in [0.717, 1.165) is 12.1 Å². The summed E-state index contributed by atoms with van der Waals surface area (Å²) in [5.74, 6) is 0.853. The molecule has 0 spiro atoms. The largest absolute Gasteiger partial charge is 0.349 e. The molecule has 1 saturated heterocycles. The fraction of sp³-hybridized carbons (Fsp3) is 0.692. The van der Waals surface area contributed by atoms with Crippen molar-refractivity contribution in [1.82, 2.24) is 15.6 Å². The zero-order valence-electron chi connectivity index (χ0n) is 11.2. The van der Waals surface area contributed by atoms with Crippen molar-refractivity contribution in [3.8, 4) is 0 Å². The second-order valence-electron chi connectivity index (χ2n) is 5.30. The lowest BCUT2D eigenvalue weighted by Crippen LogP contribution is -2.42. The summed E-state index contributed by atoms with van der Waals surface area (Å²) >= 11 is 1.56. The molecule has 1 aliphatic heterocycles. The number of carbonyl (C=O) groups is 1. The number of carbonyl (C=O) groups excluding carboxylic acids is 1. The number of nitrogens with one attached hydrogen (secondary N) is 2. The number of fused-ring (bicyclic) bond motifs is 1. The highest BCUT2D eigenvalue weighted by Crippen LogP contribution is 2.33. The predicted molar refractivity (Wildman–Crippen MR) is 85.7 cm³/mol. The molecule has 0 bridgehead atoms. The van der Waals surface area contributed by atoms with Gasteiger partial charge >= 0.3 is 0 Å². The molecule has 1 aromatic heterocycles. The first-order chi connectivity index (χ1) is 8.83. The van der Waals surface area contributed by atoms with Gasteiger partial charge in [0.15, 0.2) is 0 Å². The maximum Gasteiger partial charge on any atom is 0.237 e. The summed E-state index contributed by atoms with van der Waals surface area (Å²) in [4.78, 5) is 16.3. The van der Waals surface area contributed by atoms with Crippen LogP contribution in [0.25, 0.3) is 0 Å². The van der Waals surface area contributed by atoms with Crippen molar-refractivity contribution in [3.05, 3.63) is 16.6 Å². The van der Waals surface area contributed by atoms with Crippen LogP contribution in [0.1, 0.15) is 37.8 Å². The Morgan fingerprint density at radius 3 is 2.90 bits per heavy atom. The molecule has 20 heavy (non-hydrogen) atoms. The van der Waals surface area contributed by atoms with Crippen molar-refractivity contribution in [3.63, 3.8) is 0 Å². The number of hydrogen-bond acceptors (Lipinski definition) is 4. The molecule has 2 heterocycles. The van der Waals surface area contributed by atoms with Gasteiger partial charge in [-0.1, -0.05) is 12.8 Å². The van der Waals surface area contributed by atoms with Gasteiger partial charge < -0.3 is 10.6 Å². The molecule has 7 heteroatoms. The Bertz CT molecular complexity index is 402. The zero-order valence-corrected chi connectivity index (χ0v) is 13.7. The lowest BCUT2D eigenvalue weighted by atomic mass is 9.85. The van der Waals surface area contributed by atoms with Crippen LogP contribution >= 0.6 is 36.2 Å². The van der Waals surface area contributed by atoms with Crippen molar-refractivity contribution in [2.75, 3.05) is 0 Å². The lowest BCUT2D eigenvalue weighted by Gasteiger charge is -2.24. The molecule has 2 aliphatic rings. The second-order valence-corrected chi connectivity index (χ2v) is 6.02. The fourth-order valence-corrected chi connectivity index (χ4v) is 3.71. The van der Waals surface area contributed by atoms with E-state index in [1.807, 2.05) is 5.38 Å². The molecule has 3 unspecified atom stereocenters. The van der Waals surface area contributed by atoms with E-state index in [0.29, 0.717) is 18.5 Å². The predicted octanol–water partition coefficient (Wildman–Crippen LogP) is 2.52. The Balaban J connectivity index is 0.000001000. The Hall–Kier alpha value is -0.360. The normalized spacial score (nSPS) is 27.9. The molecule has 2 fully saturated rings. The van der Waals surface area contributed by atoms with E-state index in [1.165, 1.54) is 25.7 Å². The SMILES string of the molecule is Cl.Cl.O=C(NCc1cscn1)C1CC2CCCCC2N1. The van der Waals surface area contributed by atoms with Gasteiger partial charge in [-0.3, -0.25) is 4.79 Å². The molecule has 0 radical (unpaired) electrons. The molecular formula is C13H21Cl2N3OS. The second kappa shape index (κ2) is 8.17. The smallest absolute Gasteiger partial charge is 0.237 e. The summed E-state index contributed by atoms with van der Waals surface area (Å²) in [6, 6.07) is 0.588. The van der Waals surface area contributed by atoms with Gasteiger partial charge in [-0.25, -0.2) is 4.98 Å². The maximum atomic E-state index is 12.1. The van der Waals surface area contributed by atoms with Crippen molar-refractivity contribution < 1.29 is 4.79 Å². The van der Waals surface area contributed by atoms with E-state index < -0.39 is 0 Å². The zero-order chi connectivity index (χ0) is 12.4. The average Bonchev–Trinajstić information content (AvgIpc) is 3.04. The van der Waals surface area contributed by atoms with Crippen LogP contribution in [0, 0.1) is 5.92 Å². The van der Waals surface area contributed by atoms with Crippen molar-refractivity contribution in [2.45, 2.75) is 50.7 Å². The van der Waals surface area contributed by atoms with E-state index >= 15 is 0 Å². The molecule has 3 atom stereocenters. The number of amides is 1. The number of aromatic nitrogens is 1. The minimum absolute atomic E-state index is 0. The highest BCUT2D eigenvalue weighted by molar-refractivity contribution is 7.07. The first-order valence-electron chi connectivity index (χ1n) is 6.74. The van der Waals surface area contributed by atoms with Gasteiger partial charge in [0.1, 0.15) is 0 Å². The third kappa shape index (κ3) is 4.07. The average molecular weight is 338 g/mol. The number of nitrogens with zero attached hydrogens (tertiary/aromatic N) is 1. The monoisotopic (exact) mass is 337 g/mol. The quantitative estimate of drug-likeness (QED) is 0.890. The van der Waals surface area contributed by atoms with Crippen LogP contribution in [0.15, 0.2) is 10.9 Å². The van der Waals surface area contributed by atoms with E-state index in [1.54, 1.807) is 16.8 Å². The summed E-state index contributed by atoms with van der Waals surface area (Å²) in [6.45, 7) is 0.551. The molecule has 3 rings (SSSR count). The third-order valence-electron chi connectivity index (χ3n) is 4.11. The molecular weight excluding hydrogens is 317 g/mol. The Labute approximate surface area is 135 Å². The lowest BCUT2D eigenvalue weighted by molar-refractivity contribution is -0.123. The molecule has 1 aliphatic carbocycles. The van der Waals surface area contributed by atoms with Gasteiger partial charge in [0, 0.05) is 11.4 Å². The summed E-state index contributed by atoms with van der Waals surface area (Å²) in [7, 11) is 0. The van der Waals surface area contributed by atoms with Gasteiger partial charge in [0.2, 0.25) is 5.91 Å². The van der Waals surface area contributed by atoms with E-state index in [4.69, 9.17) is 0 Å². The minimum Gasteiger partial charge on any atom is -0.349 e. The van der Waals surface area contributed by atoms with Gasteiger partial charge in [0.25, 0.3) is 0 Å². The first kappa shape index (κ1) is 17.7. The summed E-state index contributed by atoms with van der Waals surface area (Å²) in [5.41, 5.74) is 2.74. The van der Waals surface area contributed by atoms with Gasteiger partial charge in [-0.05, 0) is 25.2 Å². The van der Waals surface area contributed by atoms with Crippen molar-refractivity contribution >= 4 is 42.1 Å².